The van der Waals surface area contributed by atoms with E-state index in [9.17, 15) is 13.2 Å². The van der Waals surface area contributed by atoms with Crippen LogP contribution >= 0.6 is 0 Å². The maximum absolute atomic E-state index is 13.3. The zero-order chi connectivity index (χ0) is 20.2. The van der Waals surface area contributed by atoms with E-state index in [1.807, 2.05) is 0 Å². The second-order valence-corrected chi connectivity index (χ2v) is 11.6. The molecule has 0 N–H and O–H groups in total. The van der Waals surface area contributed by atoms with Crippen LogP contribution in [0, 0.1) is 46.3 Å². The Hall–Kier alpha value is -0.210. The van der Waals surface area contributed by atoms with E-state index < -0.39 is 12.6 Å². The van der Waals surface area contributed by atoms with Gasteiger partial charge in [-0.05, 0) is 97.7 Å². The molecule has 0 aromatic rings. The lowest BCUT2D eigenvalue weighted by Crippen LogP contribution is -2.52. The van der Waals surface area contributed by atoms with Gasteiger partial charge < -0.3 is 0 Å². The van der Waals surface area contributed by atoms with Gasteiger partial charge in [0.1, 0.15) is 0 Å². The van der Waals surface area contributed by atoms with Crippen molar-refractivity contribution in [3.8, 4) is 0 Å². The first-order valence-corrected chi connectivity index (χ1v) is 12.2. The van der Waals surface area contributed by atoms with Crippen molar-refractivity contribution in [2.24, 2.45) is 46.3 Å². The van der Waals surface area contributed by atoms with Gasteiger partial charge in [-0.15, -0.1) is 0 Å². The third-order valence-electron chi connectivity index (χ3n) is 10.1. The van der Waals surface area contributed by atoms with Gasteiger partial charge in [0.15, 0.2) is 0 Å². The fourth-order valence-electron chi connectivity index (χ4n) is 8.50. The van der Waals surface area contributed by atoms with E-state index in [0.717, 1.165) is 43.4 Å². The van der Waals surface area contributed by atoms with Crippen LogP contribution in [0.15, 0.2) is 0 Å². The summed E-state index contributed by atoms with van der Waals surface area (Å²) < 4.78 is 40.0. The minimum absolute atomic E-state index is 0.111. The number of hydrogen-bond acceptors (Lipinski definition) is 0. The number of rotatable bonds is 6. The molecule has 0 heterocycles. The van der Waals surface area contributed by atoms with Gasteiger partial charge in [0.2, 0.25) is 0 Å². The normalized spacial score (nSPS) is 46.3. The molecule has 4 rings (SSSR count). The summed E-state index contributed by atoms with van der Waals surface area (Å²) in [5, 5.41) is 0. The number of fused-ring (bicyclic) bond motifs is 3. The smallest absolute Gasteiger partial charge is 0.171 e. The highest BCUT2D eigenvalue weighted by Gasteiger charge is 2.59. The predicted molar refractivity (Wildman–Crippen MR) is 109 cm³/mol. The third kappa shape index (κ3) is 3.78. The second-order valence-electron chi connectivity index (χ2n) is 11.6. The van der Waals surface area contributed by atoms with Crippen molar-refractivity contribution in [3.05, 3.63) is 0 Å². The standard InChI is InChI=1S/C25H41F3/c1-4-14-23(2)19(16-25(26,27)28)9-11-20-21-12-10-18(8-7-17-5-6-17)24(21,3)15-13-22(20)23/h17-22H,4-16H2,1-3H3. The van der Waals surface area contributed by atoms with E-state index >= 15 is 0 Å². The molecule has 3 heteroatoms. The van der Waals surface area contributed by atoms with E-state index in [1.165, 1.54) is 51.4 Å². The SMILES string of the molecule is CCCC1(C)C(CC(F)(F)F)CCC2C3CCC(CCC4CC4)C3(C)CCC21. The van der Waals surface area contributed by atoms with Crippen molar-refractivity contribution in [1.29, 1.82) is 0 Å². The van der Waals surface area contributed by atoms with Crippen LogP contribution in [-0.4, -0.2) is 6.18 Å². The van der Waals surface area contributed by atoms with Crippen LogP contribution in [-0.2, 0) is 0 Å². The van der Waals surface area contributed by atoms with Crippen molar-refractivity contribution in [2.45, 2.75) is 110 Å². The van der Waals surface area contributed by atoms with Gasteiger partial charge in [-0.25, -0.2) is 0 Å². The molecule has 4 aliphatic carbocycles. The molecule has 7 unspecified atom stereocenters. The molecule has 0 aliphatic heterocycles. The van der Waals surface area contributed by atoms with E-state index in [1.54, 1.807) is 0 Å². The number of halogens is 3. The highest BCUT2D eigenvalue weighted by molar-refractivity contribution is 5.08. The quantitative estimate of drug-likeness (QED) is 0.421. The van der Waals surface area contributed by atoms with Gasteiger partial charge in [-0.2, -0.15) is 13.2 Å². The van der Waals surface area contributed by atoms with Crippen LogP contribution in [0.25, 0.3) is 0 Å². The first kappa shape index (κ1) is 21.0. The molecular weight excluding hydrogens is 357 g/mol. The van der Waals surface area contributed by atoms with Gasteiger partial charge in [0.05, 0.1) is 0 Å². The van der Waals surface area contributed by atoms with Crippen LogP contribution in [0.3, 0.4) is 0 Å². The molecule has 0 radical (unpaired) electrons. The first-order valence-electron chi connectivity index (χ1n) is 12.2. The molecule has 4 aliphatic rings. The Morgan fingerprint density at radius 2 is 1.54 bits per heavy atom. The lowest BCUT2D eigenvalue weighted by Gasteiger charge is -2.59. The zero-order valence-corrected chi connectivity index (χ0v) is 18.3. The molecule has 4 saturated carbocycles. The highest BCUT2D eigenvalue weighted by Crippen LogP contribution is 2.67. The molecular formula is C25H41F3. The summed E-state index contributed by atoms with van der Waals surface area (Å²) in [6.07, 6.45) is 10.2. The predicted octanol–water partition coefficient (Wildman–Crippen LogP) is 8.40. The molecule has 0 aromatic carbocycles. The van der Waals surface area contributed by atoms with Crippen LogP contribution in [0.4, 0.5) is 13.2 Å². The van der Waals surface area contributed by atoms with Gasteiger partial charge >= 0.3 is 6.18 Å². The van der Waals surface area contributed by atoms with E-state index in [0.29, 0.717) is 17.3 Å². The third-order valence-corrected chi connectivity index (χ3v) is 10.1. The largest absolute Gasteiger partial charge is 0.389 e. The summed E-state index contributed by atoms with van der Waals surface area (Å²) in [6.45, 7) is 6.97. The lowest BCUT2D eigenvalue weighted by atomic mass is 9.46. The number of hydrogen-bond donors (Lipinski definition) is 0. The average Bonchev–Trinajstić information content (AvgIpc) is 3.36. The Morgan fingerprint density at radius 1 is 0.821 bits per heavy atom. The van der Waals surface area contributed by atoms with E-state index in [-0.39, 0.29) is 11.3 Å². The lowest BCUT2D eigenvalue weighted by molar-refractivity contribution is -0.177. The Labute approximate surface area is 170 Å². The molecule has 0 nitrogen and oxygen atoms in total. The summed E-state index contributed by atoms with van der Waals surface area (Å²) in [5.41, 5.74) is 0.362. The topological polar surface area (TPSA) is 0 Å². The highest BCUT2D eigenvalue weighted by atomic mass is 19.4. The molecule has 0 saturated heterocycles. The molecule has 162 valence electrons. The Bertz CT molecular complexity index is 550. The number of alkyl halides is 3. The van der Waals surface area contributed by atoms with Crippen molar-refractivity contribution >= 4 is 0 Å². The van der Waals surface area contributed by atoms with Crippen molar-refractivity contribution in [1.82, 2.24) is 0 Å². The van der Waals surface area contributed by atoms with Crippen LogP contribution in [0.5, 0.6) is 0 Å². The van der Waals surface area contributed by atoms with Crippen LogP contribution in [0.2, 0.25) is 0 Å². The maximum atomic E-state index is 13.3. The molecule has 0 aromatic heterocycles. The van der Waals surface area contributed by atoms with Crippen molar-refractivity contribution < 1.29 is 13.2 Å². The zero-order valence-electron chi connectivity index (χ0n) is 18.3. The van der Waals surface area contributed by atoms with E-state index in [4.69, 9.17) is 0 Å². The van der Waals surface area contributed by atoms with Crippen molar-refractivity contribution in [3.63, 3.8) is 0 Å². The summed E-state index contributed by atoms with van der Waals surface area (Å²) in [7, 11) is 0. The van der Waals surface area contributed by atoms with Gasteiger partial charge in [0.25, 0.3) is 0 Å². The summed E-state index contributed by atoms with van der Waals surface area (Å²) >= 11 is 0. The summed E-state index contributed by atoms with van der Waals surface area (Å²) in [4.78, 5) is 0. The minimum Gasteiger partial charge on any atom is -0.171 e. The molecule has 0 bridgehead atoms. The average molecular weight is 399 g/mol. The van der Waals surface area contributed by atoms with Gasteiger partial charge in [-0.1, -0.05) is 46.5 Å². The monoisotopic (exact) mass is 398 g/mol. The van der Waals surface area contributed by atoms with Crippen molar-refractivity contribution in [2.75, 3.05) is 0 Å². The van der Waals surface area contributed by atoms with Gasteiger partial charge in [-0.3, -0.25) is 0 Å². The van der Waals surface area contributed by atoms with E-state index in [2.05, 4.69) is 20.8 Å². The molecule has 0 amide bonds. The Morgan fingerprint density at radius 3 is 2.18 bits per heavy atom. The Balaban J connectivity index is 1.52. The fourth-order valence-corrected chi connectivity index (χ4v) is 8.50. The molecule has 0 spiro atoms. The summed E-state index contributed by atoms with van der Waals surface area (Å²) in [5.74, 6) is 3.72. The molecule has 7 atom stereocenters. The molecule has 28 heavy (non-hydrogen) atoms. The molecule has 4 fully saturated rings. The Kier molecular flexibility index (Phi) is 5.62. The van der Waals surface area contributed by atoms with Crippen LogP contribution < -0.4 is 0 Å². The minimum atomic E-state index is -4.02. The first-order chi connectivity index (χ1) is 13.2. The maximum Gasteiger partial charge on any atom is 0.389 e. The van der Waals surface area contributed by atoms with Gasteiger partial charge in [0, 0.05) is 6.42 Å². The fraction of sp³-hybridized carbons (Fsp3) is 1.00. The van der Waals surface area contributed by atoms with Crippen LogP contribution in [0.1, 0.15) is 104 Å². The summed E-state index contributed by atoms with van der Waals surface area (Å²) in [6, 6.07) is 0. The second kappa shape index (κ2) is 7.49.